The minimum atomic E-state index is -5.14. The van der Waals surface area contributed by atoms with Crippen molar-refractivity contribution in [2.75, 3.05) is 20.3 Å². The van der Waals surface area contributed by atoms with Crippen molar-refractivity contribution in [3.8, 4) is 11.6 Å². The van der Waals surface area contributed by atoms with Crippen molar-refractivity contribution in [2.24, 2.45) is 17.8 Å². The van der Waals surface area contributed by atoms with Crippen LogP contribution in [0.5, 0.6) is 11.6 Å². The molecule has 7 atom stereocenters. The Morgan fingerprint density at radius 1 is 1.17 bits per heavy atom. The van der Waals surface area contributed by atoms with Crippen molar-refractivity contribution < 1.29 is 64.8 Å². The van der Waals surface area contributed by atoms with Crippen molar-refractivity contribution in [3.05, 3.63) is 42.4 Å². The Morgan fingerprint density at radius 3 is 2.47 bits per heavy atom. The zero-order chi connectivity index (χ0) is 44.2. The lowest BCUT2D eigenvalue weighted by atomic mass is 9.82. The van der Waals surface area contributed by atoms with Crippen LogP contribution in [0.15, 0.2) is 36.5 Å². The predicted molar refractivity (Wildman–Crippen MR) is 208 cm³/mol. The molecular weight excluding hydrogens is 819 g/mol. The zero-order valence-electron chi connectivity index (χ0n) is 33.9. The minimum Gasteiger partial charge on any atom is -0.494 e. The maximum Gasteiger partial charge on any atom is 0.411 e. The van der Waals surface area contributed by atoms with E-state index in [-0.39, 0.29) is 66.4 Å². The maximum absolute atomic E-state index is 15.1. The zero-order valence-corrected chi connectivity index (χ0v) is 34.7. The van der Waals surface area contributed by atoms with Gasteiger partial charge >= 0.3 is 12.3 Å². The summed E-state index contributed by atoms with van der Waals surface area (Å²) < 4.78 is 97.6. The average Bonchev–Trinajstić information content (AvgIpc) is 4.08. The summed E-state index contributed by atoms with van der Waals surface area (Å²) in [5.74, 6) is -5.97. The van der Waals surface area contributed by atoms with Gasteiger partial charge in [-0.1, -0.05) is 32.4 Å². The molecule has 6 rings (SSSR count). The van der Waals surface area contributed by atoms with Crippen molar-refractivity contribution in [1.82, 2.24) is 24.8 Å². The van der Waals surface area contributed by atoms with Crippen LogP contribution in [0.25, 0.3) is 10.8 Å². The highest BCUT2D eigenvalue weighted by molar-refractivity contribution is 7.91. The first-order valence-corrected chi connectivity index (χ1v) is 21.4. The average molecular weight is 870 g/mol. The van der Waals surface area contributed by atoms with Gasteiger partial charge in [0, 0.05) is 23.9 Å². The number of benzene rings is 1. The highest BCUT2D eigenvalue weighted by Crippen LogP contribution is 2.48. The number of pyridine rings is 1. The van der Waals surface area contributed by atoms with E-state index in [0.717, 1.165) is 11.0 Å². The number of hydrogen-bond acceptors (Lipinski definition) is 10. The number of aliphatic hydroxyl groups is 1. The Hall–Kier alpha value is -4.72. The van der Waals surface area contributed by atoms with Gasteiger partial charge in [-0.15, -0.1) is 0 Å². The Balaban J connectivity index is 1.44. The molecule has 2 saturated carbocycles. The van der Waals surface area contributed by atoms with Crippen LogP contribution in [0.2, 0.25) is 0 Å². The van der Waals surface area contributed by atoms with Crippen LogP contribution >= 0.6 is 0 Å². The number of sulfonamides is 1. The van der Waals surface area contributed by atoms with Gasteiger partial charge < -0.3 is 29.9 Å². The van der Waals surface area contributed by atoms with E-state index in [2.05, 4.69) is 10.3 Å². The highest BCUT2D eigenvalue weighted by Gasteiger charge is 2.64. The van der Waals surface area contributed by atoms with Gasteiger partial charge in [-0.3, -0.25) is 24.0 Å². The normalized spacial score (nSPS) is 28.9. The van der Waals surface area contributed by atoms with Crippen LogP contribution in [-0.2, 0) is 24.4 Å². The summed E-state index contributed by atoms with van der Waals surface area (Å²) in [6, 6.07) is 0.555. The Kier molecular flexibility index (Phi) is 12.2. The van der Waals surface area contributed by atoms with Gasteiger partial charge in [0.05, 0.1) is 20.3 Å². The van der Waals surface area contributed by atoms with Crippen LogP contribution in [0, 0.1) is 23.6 Å². The quantitative estimate of drug-likeness (QED) is 0.191. The molecule has 4 amide bonds. The largest absolute Gasteiger partial charge is 0.494 e. The molecule has 1 aromatic heterocycles. The molecule has 20 heteroatoms. The molecular formula is C40H51F4N5O10S. The number of rotatable bonds is 10. The number of aliphatic hydroxyl groups excluding tert-OH is 1. The van der Waals surface area contributed by atoms with E-state index in [1.54, 1.807) is 25.1 Å². The first kappa shape index (κ1) is 44.8. The number of carboxylic acid groups (broad SMARTS) is 1. The molecule has 0 bridgehead atoms. The molecule has 15 nitrogen and oxygen atoms in total. The van der Waals surface area contributed by atoms with E-state index in [4.69, 9.17) is 9.47 Å². The number of aromatic nitrogens is 1. The van der Waals surface area contributed by atoms with Gasteiger partial charge in [-0.25, -0.2) is 22.6 Å². The smallest absolute Gasteiger partial charge is 0.411 e. The van der Waals surface area contributed by atoms with E-state index in [9.17, 15) is 50.6 Å². The van der Waals surface area contributed by atoms with Crippen molar-refractivity contribution >= 4 is 44.6 Å². The molecule has 1 saturated heterocycles. The third-order valence-corrected chi connectivity index (χ3v) is 14.8. The number of nitrogens with zero attached hydrogens (tertiary/aromatic N) is 3. The second-order valence-corrected chi connectivity index (χ2v) is 19.1. The third-order valence-electron chi connectivity index (χ3n) is 12.7. The second-order valence-electron chi connectivity index (χ2n) is 17.0. The first-order chi connectivity index (χ1) is 28.1. The molecule has 0 spiro atoms. The lowest BCUT2D eigenvalue weighted by Crippen LogP contribution is -2.66. The number of fused-ring (bicyclic) bond motifs is 3. The molecule has 330 valence electrons. The Labute approximate surface area is 344 Å². The van der Waals surface area contributed by atoms with Crippen LogP contribution in [0.4, 0.5) is 22.4 Å². The number of halogens is 4. The molecule has 3 heterocycles. The lowest BCUT2D eigenvalue weighted by Gasteiger charge is -2.46. The number of ether oxygens (including phenoxy) is 2. The van der Waals surface area contributed by atoms with E-state index in [1.807, 2.05) is 11.6 Å². The van der Waals surface area contributed by atoms with Gasteiger partial charge in [0.15, 0.2) is 11.6 Å². The number of methoxy groups -OCH3 is 1. The fraction of sp³-hybridized carbons (Fsp3) is 0.625. The molecule has 1 aromatic carbocycles. The summed E-state index contributed by atoms with van der Waals surface area (Å²) in [6.07, 6.45) is -2.54. The summed E-state index contributed by atoms with van der Waals surface area (Å²) in [5, 5.41) is 23.7. The summed E-state index contributed by atoms with van der Waals surface area (Å²) >= 11 is 0. The SMILES string of the molecule is CC[C@@H]1C[C@H](C)CC/C=C\[C@@H]2C[C@@]2(C(=O)NS(=O)(=O)C2(CO)CC2)NC(=O)[C@@H]2C[C@@H](Oc3nccc4cc(OC)c(F)cc34)CN2C(=O)[C@H]1N(C(=O)O)C(C)(C)C(F)(F)F. The fourth-order valence-electron chi connectivity index (χ4n) is 8.52. The van der Waals surface area contributed by atoms with E-state index < -0.39 is 105 Å². The third kappa shape index (κ3) is 8.20. The van der Waals surface area contributed by atoms with Gasteiger partial charge in [-0.05, 0) is 87.8 Å². The topological polar surface area (TPSA) is 205 Å². The van der Waals surface area contributed by atoms with Crippen LogP contribution in [-0.4, -0.2) is 118 Å². The number of carbonyl (C=O) groups is 4. The van der Waals surface area contributed by atoms with Crippen LogP contribution in [0.1, 0.15) is 79.1 Å². The summed E-state index contributed by atoms with van der Waals surface area (Å²) in [5.41, 5.74) is -4.93. The molecule has 2 aliphatic carbocycles. The number of nitrogens with one attached hydrogen (secondary N) is 2. The van der Waals surface area contributed by atoms with Crippen molar-refractivity contribution in [2.45, 2.75) is 119 Å². The van der Waals surface area contributed by atoms with Crippen LogP contribution < -0.4 is 19.5 Å². The molecule has 2 aromatic rings. The van der Waals surface area contributed by atoms with Gasteiger partial charge in [-0.2, -0.15) is 13.2 Å². The van der Waals surface area contributed by atoms with E-state index >= 15 is 4.79 Å². The van der Waals surface area contributed by atoms with Gasteiger partial charge in [0.1, 0.15) is 34.0 Å². The number of amides is 4. The Morgan fingerprint density at radius 2 is 1.87 bits per heavy atom. The van der Waals surface area contributed by atoms with Gasteiger partial charge in [0.2, 0.25) is 27.7 Å². The molecule has 2 aliphatic heterocycles. The van der Waals surface area contributed by atoms with E-state index in [1.165, 1.54) is 19.4 Å². The van der Waals surface area contributed by atoms with Crippen molar-refractivity contribution in [1.29, 1.82) is 0 Å². The maximum atomic E-state index is 15.1. The molecule has 0 unspecified atom stereocenters. The number of hydrogen-bond donors (Lipinski definition) is 4. The summed E-state index contributed by atoms with van der Waals surface area (Å²) in [4.78, 5) is 62.0. The fourth-order valence-corrected chi connectivity index (χ4v) is 9.97. The molecule has 4 N–H and O–H groups in total. The molecule has 3 fully saturated rings. The summed E-state index contributed by atoms with van der Waals surface area (Å²) in [6.45, 7) is 3.59. The predicted octanol–water partition coefficient (Wildman–Crippen LogP) is 4.67. The standard InChI is InChI=1S/C40H51F4N5O10S/c1-6-23-15-22(2)9-7-8-10-25-19-39(25,35(53)47-60(56,57)38(21-50)12-13-38)46-32(51)29-17-26(59-33-27-18-28(41)30(58-5)16-24(27)11-14-45-33)20-48(29)34(52)31(23)49(36(54)55)37(3,4)40(42,43)44/h8,10-11,14,16,18,22-23,25-26,29,31,50H,6-7,9,12-13,15,17,19-21H2,1-5H3,(H,46,51)(H,47,53)(H,54,55)/b10-8-/t22-,23-,25-,26-,29+,31+,39-/m1/s1. The minimum absolute atomic E-state index is 0.0408. The van der Waals surface area contributed by atoms with Crippen LogP contribution in [0.3, 0.4) is 0 Å². The lowest BCUT2D eigenvalue weighted by molar-refractivity contribution is -0.222. The second kappa shape index (κ2) is 16.3. The molecule has 4 aliphatic rings. The highest BCUT2D eigenvalue weighted by atomic mass is 32.2. The monoisotopic (exact) mass is 869 g/mol. The summed E-state index contributed by atoms with van der Waals surface area (Å²) in [7, 11) is -3.12. The van der Waals surface area contributed by atoms with Gasteiger partial charge in [0.25, 0.3) is 5.91 Å². The van der Waals surface area contributed by atoms with Crippen molar-refractivity contribution in [3.63, 3.8) is 0 Å². The Bertz CT molecular complexity index is 2170. The molecule has 0 radical (unpaired) electrons. The number of allylic oxidation sites excluding steroid dienone is 1. The molecule has 60 heavy (non-hydrogen) atoms. The first-order valence-electron chi connectivity index (χ1n) is 19.9. The number of carbonyl (C=O) groups excluding carboxylic acids is 3. The van der Waals surface area contributed by atoms with E-state index in [0.29, 0.717) is 32.1 Å². The number of alkyl halides is 3.